The molecule has 2 amide bonds. The molecule has 1 aromatic rings. The molecule has 102 valence electrons. The monoisotopic (exact) mass is 261 g/mol. The van der Waals surface area contributed by atoms with Gasteiger partial charge in [-0.1, -0.05) is 6.07 Å². The van der Waals surface area contributed by atoms with Gasteiger partial charge in [0.25, 0.3) is 5.91 Å². The van der Waals surface area contributed by atoms with E-state index in [4.69, 9.17) is 5.73 Å². The van der Waals surface area contributed by atoms with Gasteiger partial charge in [-0.3, -0.25) is 9.59 Å². The van der Waals surface area contributed by atoms with Crippen molar-refractivity contribution in [3.05, 3.63) is 29.8 Å². The molecule has 5 nitrogen and oxygen atoms in total. The van der Waals surface area contributed by atoms with Crippen LogP contribution >= 0.6 is 0 Å². The summed E-state index contributed by atoms with van der Waals surface area (Å²) >= 11 is 0. The summed E-state index contributed by atoms with van der Waals surface area (Å²) in [6.45, 7) is 4.63. The topological polar surface area (TPSA) is 66.6 Å². The summed E-state index contributed by atoms with van der Waals surface area (Å²) < 4.78 is 0. The van der Waals surface area contributed by atoms with E-state index in [1.54, 1.807) is 55.0 Å². The second-order valence-corrected chi connectivity index (χ2v) is 5.37. The highest BCUT2D eigenvalue weighted by Crippen LogP contribution is 2.24. The first-order valence-electron chi connectivity index (χ1n) is 6.27. The average Bonchev–Trinajstić information content (AvgIpc) is 2.35. The first-order chi connectivity index (χ1) is 8.84. The van der Waals surface area contributed by atoms with E-state index in [-0.39, 0.29) is 11.8 Å². The Balaban J connectivity index is 2.31. The van der Waals surface area contributed by atoms with Gasteiger partial charge in [-0.05, 0) is 32.0 Å². The van der Waals surface area contributed by atoms with Crippen LogP contribution in [0.3, 0.4) is 0 Å². The van der Waals surface area contributed by atoms with E-state index in [1.165, 1.54) is 0 Å². The van der Waals surface area contributed by atoms with Crippen LogP contribution in [0.4, 0.5) is 5.69 Å². The number of nitrogens with zero attached hydrogens (tertiary/aromatic N) is 2. The minimum atomic E-state index is -0.825. The van der Waals surface area contributed by atoms with E-state index in [1.807, 2.05) is 0 Å². The molecule has 19 heavy (non-hydrogen) atoms. The normalized spacial score (nSPS) is 18.6. The molecule has 1 aliphatic heterocycles. The molecule has 5 heteroatoms. The highest BCUT2D eigenvalue weighted by atomic mass is 16.2. The molecule has 1 saturated heterocycles. The van der Waals surface area contributed by atoms with Crippen LogP contribution in [0.25, 0.3) is 0 Å². The lowest BCUT2D eigenvalue weighted by Gasteiger charge is -2.44. The van der Waals surface area contributed by atoms with E-state index in [2.05, 4.69) is 0 Å². The van der Waals surface area contributed by atoms with Gasteiger partial charge in [0.15, 0.2) is 0 Å². The van der Waals surface area contributed by atoms with Gasteiger partial charge >= 0.3 is 0 Å². The summed E-state index contributed by atoms with van der Waals surface area (Å²) in [6.07, 6.45) is 0. The molecule has 0 saturated carbocycles. The predicted molar refractivity (Wildman–Crippen MR) is 73.6 cm³/mol. The largest absolute Gasteiger partial charge is 0.399 e. The summed E-state index contributed by atoms with van der Waals surface area (Å²) in [5, 5.41) is 0. The molecule has 1 heterocycles. The van der Waals surface area contributed by atoms with E-state index >= 15 is 0 Å². The highest BCUT2D eigenvalue weighted by molar-refractivity contribution is 6.00. The van der Waals surface area contributed by atoms with Crippen molar-refractivity contribution in [1.29, 1.82) is 0 Å². The van der Waals surface area contributed by atoms with E-state index in [9.17, 15) is 9.59 Å². The lowest BCUT2D eigenvalue weighted by Crippen LogP contribution is -2.63. The standard InChI is InChI=1S/C14H19N3O2/c1-14(2)13(19)16(3)7-8-17(14)12(18)10-5-4-6-11(15)9-10/h4-6,9H,7-8,15H2,1-3H3. The zero-order valence-electron chi connectivity index (χ0n) is 11.5. The van der Waals surface area contributed by atoms with Gasteiger partial charge in [-0.15, -0.1) is 0 Å². The number of carbonyl (C=O) groups is 2. The fourth-order valence-corrected chi connectivity index (χ4v) is 2.40. The molecule has 0 radical (unpaired) electrons. The number of likely N-dealkylation sites (N-methyl/N-ethyl adjacent to an activating group) is 1. The Kier molecular flexibility index (Phi) is 3.22. The highest BCUT2D eigenvalue weighted by Gasteiger charge is 2.43. The van der Waals surface area contributed by atoms with Crippen LogP contribution in [0, 0.1) is 0 Å². The van der Waals surface area contributed by atoms with Gasteiger partial charge in [0.05, 0.1) is 0 Å². The minimum Gasteiger partial charge on any atom is -0.399 e. The van der Waals surface area contributed by atoms with Crippen LogP contribution in [0.1, 0.15) is 24.2 Å². The van der Waals surface area contributed by atoms with E-state index < -0.39 is 5.54 Å². The number of nitrogen functional groups attached to an aromatic ring is 1. The lowest BCUT2D eigenvalue weighted by atomic mass is 9.96. The summed E-state index contributed by atoms with van der Waals surface area (Å²) in [7, 11) is 1.76. The molecular weight excluding hydrogens is 242 g/mol. The van der Waals surface area contributed by atoms with Crippen LogP contribution in [0.2, 0.25) is 0 Å². The zero-order chi connectivity index (χ0) is 14.2. The minimum absolute atomic E-state index is 0.0454. The third-order valence-electron chi connectivity index (χ3n) is 3.58. The summed E-state index contributed by atoms with van der Waals surface area (Å²) in [5.74, 6) is -0.199. The molecule has 0 bridgehead atoms. The van der Waals surface area contributed by atoms with Gasteiger partial charge in [-0.25, -0.2) is 0 Å². The third-order valence-corrected chi connectivity index (χ3v) is 3.58. The number of nitrogens with two attached hydrogens (primary N) is 1. The van der Waals surface area contributed by atoms with Crippen molar-refractivity contribution in [3.8, 4) is 0 Å². The van der Waals surface area contributed by atoms with Gasteiger partial charge in [0.2, 0.25) is 5.91 Å². The molecule has 0 aliphatic carbocycles. The smallest absolute Gasteiger partial charge is 0.254 e. The van der Waals surface area contributed by atoms with Crippen molar-refractivity contribution in [2.45, 2.75) is 19.4 Å². The van der Waals surface area contributed by atoms with E-state index in [0.717, 1.165) is 0 Å². The van der Waals surface area contributed by atoms with Crippen LogP contribution < -0.4 is 5.73 Å². The van der Waals surface area contributed by atoms with Gasteiger partial charge in [-0.2, -0.15) is 0 Å². The molecule has 0 aromatic heterocycles. The number of benzene rings is 1. The van der Waals surface area contributed by atoms with Crippen LogP contribution in [-0.4, -0.2) is 47.3 Å². The summed E-state index contributed by atoms with van der Waals surface area (Å²) in [4.78, 5) is 28.0. The third kappa shape index (κ3) is 2.28. The Bertz CT molecular complexity index is 525. The van der Waals surface area contributed by atoms with E-state index in [0.29, 0.717) is 24.3 Å². The molecule has 1 aromatic carbocycles. The first-order valence-corrected chi connectivity index (χ1v) is 6.27. The Morgan fingerprint density at radius 2 is 2.00 bits per heavy atom. The van der Waals surface area contributed by atoms with Crippen molar-refractivity contribution in [2.75, 3.05) is 25.9 Å². The fourth-order valence-electron chi connectivity index (χ4n) is 2.40. The number of carbonyl (C=O) groups excluding carboxylic acids is 2. The Morgan fingerprint density at radius 1 is 1.32 bits per heavy atom. The second kappa shape index (κ2) is 4.57. The summed E-state index contributed by atoms with van der Waals surface area (Å²) in [5.41, 5.74) is 5.94. The number of amides is 2. The van der Waals surface area contributed by atoms with Crippen molar-refractivity contribution in [1.82, 2.24) is 9.80 Å². The number of piperazine rings is 1. The maximum atomic E-state index is 12.5. The molecule has 0 unspecified atom stereocenters. The Labute approximate surface area is 113 Å². The predicted octanol–water partition coefficient (Wildman–Crippen LogP) is 0.962. The number of anilines is 1. The van der Waals surface area contributed by atoms with Crippen molar-refractivity contribution >= 4 is 17.5 Å². The molecule has 2 N–H and O–H groups in total. The maximum Gasteiger partial charge on any atom is 0.254 e. The fraction of sp³-hybridized carbons (Fsp3) is 0.429. The van der Waals surface area contributed by atoms with Crippen molar-refractivity contribution < 1.29 is 9.59 Å². The van der Waals surface area contributed by atoms with Gasteiger partial charge in [0, 0.05) is 31.4 Å². The van der Waals surface area contributed by atoms with Crippen molar-refractivity contribution in [3.63, 3.8) is 0 Å². The van der Waals surface area contributed by atoms with Gasteiger partial charge < -0.3 is 15.5 Å². The molecule has 1 aliphatic rings. The van der Waals surface area contributed by atoms with Crippen LogP contribution in [0.5, 0.6) is 0 Å². The zero-order valence-corrected chi connectivity index (χ0v) is 11.5. The Hall–Kier alpha value is -2.04. The molecule has 1 fully saturated rings. The molecule has 0 spiro atoms. The van der Waals surface area contributed by atoms with Crippen molar-refractivity contribution in [2.24, 2.45) is 0 Å². The maximum absolute atomic E-state index is 12.5. The van der Waals surface area contributed by atoms with Crippen LogP contribution in [-0.2, 0) is 4.79 Å². The summed E-state index contributed by atoms with van der Waals surface area (Å²) in [6, 6.07) is 6.84. The first kappa shape index (κ1) is 13.4. The number of hydrogen-bond donors (Lipinski definition) is 1. The van der Waals surface area contributed by atoms with Gasteiger partial charge in [0.1, 0.15) is 5.54 Å². The molecular formula is C14H19N3O2. The quantitative estimate of drug-likeness (QED) is 0.766. The number of rotatable bonds is 1. The van der Waals surface area contributed by atoms with Crippen LogP contribution in [0.15, 0.2) is 24.3 Å². The molecule has 0 atom stereocenters. The molecule has 2 rings (SSSR count). The lowest BCUT2D eigenvalue weighted by molar-refractivity contribution is -0.144. The number of hydrogen-bond acceptors (Lipinski definition) is 3. The second-order valence-electron chi connectivity index (χ2n) is 5.37. The Morgan fingerprint density at radius 3 is 2.63 bits per heavy atom. The average molecular weight is 261 g/mol. The SMILES string of the molecule is CN1CCN(C(=O)c2cccc(N)c2)C(C)(C)C1=O.